The molecule has 5 aromatic carbocycles. The number of pyridine rings is 1. The van der Waals surface area contributed by atoms with Crippen LogP contribution in [-0.4, -0.2) is 19.3 Å². The maximum Gasteiger partial charge on any atom is 0.140 e. The van der Waals surface area contributed by atoms with Gasteiger partial charge in [-0.2, -0.15) is 5.10 Å². The molecule has 0 aliphatic heterocycles. The summed E-state index contributed by atoms with van der Waals surface area (Å²) < 4.78 is 25.1. The first-order valence-corrected chi connectivity index (χ1v) is 18.2. The third-order valence-corrected chi connectivity index (χ3v) is 10.7. The van der Waals surface area contributed by atoms with Crippen LogP contribution in [0.25, 0.3) is 38.9 Å². The molecule has 0 unspecified atom stereocenters. The van der Waals surface area contributed by atoms with Crippen LogP contribution in [-0.2, 0) is 0 Å². The molecule has 53 heavy (non-hydrogen) atoms. The van der Waals surface area contributed by atoms with Crippen molar-refractivity contribution in [2.24, 2.45) is 0 Å². The van der Waals surface area contributed by atoms with Gasteiger partial charge in [-0.25, -0.2) is 14.1 Å². The van der Waals surface area contributed by atoms with Gasteiger partial charge in [-0.05, 0) is 98.2 Å². The van der Waals surface area contributed by atoms with Crippen LogP contribution in [0.2, 0.25) is 0 Å². The van der Waals surface area contributed by atoms with Crippen molar-refractivity contribution in [1.29, 1.82) is 0 Å². The van der Waals surface area contributed by atoms with Crippen LogP contribution < -0.4 is 4.74 Å². The summed E-state index contributed by atoms with van der Waals surface area (Å²) in [4.78, 5) is 4.52. The predicted octanol–water partition coefficient (Wildman–Crippen LogP) is 12.0. The number of benzene rings is 5. The summed E-state index contributed by atoms with van der Waals surface area (Å²) in [7, 11) is 0. The number of nitrogens with zero attached hydrogens (tertiary/aromatic N) is 4. The monoisotopic (exact) mass is 694 g/mol. The molecule has 2 atom stereocenters. The molecule has 1 aliphatic carbocycles. The van der Waals surface area contributed by atoms with E-state index in [1.54, 1.807) is 0 Å². The van der Waals surface area contributed by atoms with E-state index in [9.17, 15) is 4.39 Å². The molecule has 9 rings (SSSR count). The van der Waals surface area contributed by atoms with E-state index in [0.29, 0.717) is 23.2 Å². The van der Waals surface area contributed by atoms with Crippen molar-refractivity contribution in [1.82, 2.24) is 19.3 Å². The normalized spacial score (nSPS) is 15.9. The smallest absolute Gasteiger partial charge is 0.140 e. The topological polar surface area (TPSA) is 44.9 Å². The first-order valence-electron chi connectivity index (χ1n) is 18.2. The second-order valence-electron chi connectivity index (χ2n) is 14.1. The first-order chi connectivity index (χ1) is 25.9. The molecule has 0 bridgehead atoms. The Morgan fingerprint density at radius 3 is 2.28 bits per heavy atom. The number of hydrogen-bond acceptors (Lipinski definition) is 3. The van der Waals surface area contributed by atoms with E-state index >= 15 is 0 Å². The Labute approximate surface area is 308 Å². The highest BCUT2D eigenvalue weighted by molar-refractivity contribution is 6.09. The van der Waals surface area contributed by atoms with Gasteiger partial charge in [0.05, 0.1) is 22.4 Å². The summed E-state index contributed by atoms with van der Waals surface area (Å²) in [5.74, 6) is 2.06. The van der Waals surface area contributed by atoms with Crippen molar-refractivity contribution in [3.63, 3.8) is 0 Å². The average Bonchev–Trinajstić information content (AvgIpc) is 3.67. The highest BCUT2D eigenvalue weighted by atomic mass is 19.1. The van der Waals surface area contributed by atoms with Crippen molar-refractivity contribution in [3.8, 4) is 23.0 Å². The molecule has 0 saturated carbocycles. The minimum atomic E-state index is -0.334. The maximum atomic E-state index is 14.4. The number of rotatable bonds is 7. The zero-order chi connectivity index (χ0) is 36.1. The molecular weight excluding hydrogens is 656 g/mol. The van der Waals surface area contributed by atoms with Gasteiger partial charge in [0.15, 0.2) is 0 Å². The summed E-state index contributed by atoms with van der Waals surface area (Å²) in [5, 5.41) is 7.32. The lowest BCUT2D eigenvalue weighted by Gasteiger charge is -2.34. The molecular formula is C47H39FN4O. The first kappa shape index (κ1) is 32.6. The summed E-state index contributed by atoms with van der Waals surface area (Å²) in [6, 6.07) is 45.1. The number of allylic oxidation sites excluding steroid dienone is 2. The fraction of sp³-hybridized carbons (Fsp3) is 0.149. The Hall–Kier alpha value is -6.27. The molecule has 3 heterocycles. The van der Waals surface area contributed by atoms with Gasteiger partial charge in [-0.3, -0.25) is 4.57 Å². The van der Waals surface area contributed by atoms with Crippen molar-refractivity contribution in [3.05, 3.63) is 185 Å². The molecule has 0 fully saturated rings. The molecule has 0 amide bonds. The molecule has 0 N–H and O–H groups in total. The molecule has 260 valence electrons. The number of fused-ring (bicyclic) bond motifs is 3. The molecule has 0 spiro atoms. The van der Waals surface area contributed by atoms with Crippen LogP contribution in [0.15, 0.2) is 146 Å². The minimum absolute atomic E-state index is 0.161. The van der Waals surface area contributed by atoms with Crippen LogP contribution in [0.4, 0.5) is 4.39 Å². The minimum Gasteiger partial charge on any atom is -0.457 e. The number of aryl methyl sites for hydroxylation is 2. The number of para-hydroxylation sites is 1. The highest BCUT2D eigenvalue weighted by Crippen LogP contribution is 2.50. The quantitative estimate of drug-likeness (QED) is 0.167. The fourth-order valence-corrected chi connectivity index (χ4v) is 8.45. The zero-order valence-corrected chi connectivity index (χ0v) is 30.0. The largest absolute Gasteiger partial charge is 0.457 e. The summed E-state index contributed by atoms with van der Waals surface area (Å²) in [6.07, 6.45) is 6.06. The molecule has 8 aromatic rings. The lowest BCUT2D eigenvalue weighted by molar-refractivity contribution is 0.482. The number of aromatic nitrogens is 4. The van der Waals surface area contributed by atoms with Gasteiger partial charge >= 0.3 is 0 Å². The maximum absolute atomic E-state index is 14.4. The summed E-state index contributed by atoms with van der Waals surface area (Å²) in [5.41, 5.74) is 11.3. The Morgan fingerprint density at radius 2 is 1.47 bits per heavy atom. The molecule has 6 heteroatoms. The SMILES string of the molecule is Cc1cc(Oc2ccc3c4ccccc4n(-c4cc(F)ccn4)c3c2)cc(-n2nc(C)c([C@@H]3C(c4ccccc4)=CCC[C@@H]3c3ccccc3)c2C)c1. The van der Waals surface area contributed by atoms with Gasteiger partial charge in [0.25, 0.3) is 0 Å². The Balaban J connectivity index is 1.12. The van der Waals surface area contributed by atoms with E-state index in [2.05, 4.69) is 121 Å². The van der Waals surface area contributed by atoms with Crippen LogP contribution in [0.1, 0.15) is 58.3 Å². The van der Waals surface area contributed by atoms with Crippen molar-refractivity contribution < 1.29 is 9.13 Å². The van der Waals surface area contributed by atoms with E-state index in [-0.39, 0.29) is 11.7 Å². The predicted molar refractivity (Wildman–Crippen MR) is 212 cm³/mol. The van der Waals surface area contributed by atoms with E-state index in [4.69, 9.17) is 9.84 Å². The van der Waals surface area contributed by atoms with Crippen molar-refractivity contribution in [2.45, 2.75) is 45.4 Å². The van der Waals surface area contributed by atoms with Crippen LogP contribution in [0.5, 0.6) is 11.5 Å². The van der Waals surface area contributed by atoms with E-state index in [1.807, 2.05) is 41.0 Å². The number of ether oxygens (including phenoxy) is 1. The van der Waals surface area contributed by atoms with Gasteiger partial charge in [0.2, 0.25) is 0 Å². The molecule has 0 radical (unpaired) electrons. The second kappa shape index (κ2) is 13.4. The molecule has 1 aliphatic rings. The second-order valence-corrected chi connectivity index (χ2v) is 14.1. The standard InChI is InChI=1S/C47H39FN4O/c1-30-25-36(28-38(26-30)53-37-21-22-42-41-17-10-11-20-43(41)51(44(42)29-37)45-27-35(48)23-24-49-45)52-32(3)46(31(2)50-52)47-39(33-13-6-4-7-14-33)18-12-19-40(47)34-15-8-5-9-16-34/h4-11,13-18,20-29,40,47H,12,19H2,1-3H3/t40-,47-/m1/s1. The average molecular weight is 695 g/mol. The Morgan fingerprint density at radius 1 is 0.717 bits per heavy atom. The van der Waals surface area contributed by atoms with Gasteiger partial charge in [-0.1, -0.05) is 84.9 Å². The number of halogens is 1. The van der Waals surface area contributed by atoms with E-state index in [0.717, 1.165) is 57.3 Å². The lowest BCUT2D eigenvalue weighted by Crippen LogP contribution is -2.18. The van der Waals surface area contributed by atoms with Crippen LogP contribution >= 0.6 is 0 Å². The van der Waals surface area contributed by atoms with Gasteiger partial charge in [0, 0.05) is 52.3 Å². The molecule has 3 aromatic heterocycles. The summed E-state index contributed by atoms with van der Waals surface area (Å²) in [6.45, 7) is 6.43. The van der Waals surface area contributed by atoms with Gasteiger partial charge in [-0.15, -0.1) is 0 Å². The number of hydrogen-bond donors (Lipinski definition) is 0. The summed E-state index contributed by atoms with van der Waals surface area (Å²) >= 11 is 0. The van der Waals surface area contributed by atoms with E-state index < -0.39 is 0 Å². The Kier molecular flexibility index (Phi) is 8.23. The third-order valence-electron chi connectivity index (χ3n) is 10.7. The fourth-order valence-electron chi connectivity index (χ4n) is 8.45. The van der Waals surface area contributed by atoms with Crippen LogP contribution in [0.3, 0.4) is 0 Å². The van der Waals surface area contributed by atoms with Crippen molar-refractivity contribution in [2.75, 3.05) is 0 Å². The molecule has 0 saturated heterocycles. The highest BCUT2D eigenvalue weighted by Gasteiger charge is 2.35. The molecule has 5 nitrogen and oxygen atoms in total. The lowest BCUT2D eigenvalue weighted by atomic mass is 9.69. The van der Waals surface area contributed by atoms with E-state index in [1.165, 1.54) is 40.6 Å². The van der Waals surface area contributed by atoms with Crippen molar-refractivity contribution >= 4 is 27.4 Å². The zero-order valence-electron chi connectivity index (χ0n) is 30.0. The third kappa shape index (κ3) is 5.90. The van der Waals surface area contributed by atoms with Crippen LogP contribution in [0, 0.1) is 26.6 Å². The van der Waals surface area contributed by atoms with Gasteiger partial charge in [0.1, 0.15) is 23.1 Å². The van der Waals surface area contributed by atoms with Gasteiger partial charge < -0.3 is 4.74 Å². The Bertz CT molecular complexity index is 2660.